The molecule has 0 aliphatic heterocycles. The highest BCUT2D eigenvalue weighted by Crippen LogP contribution is 2.22. The molecule has 0 saturated heterocycles. The zero-order valence-corrected chi connectivity index (χ0v) is 21.2. The summed E-state index contributed by atoms with van der Waals surface area (Å²) in [5, 5.41) is 5.85. The highest BCUT2D eigenvalue weighted by Gasteiger charge is 2.30. The maximum Gasteiger partial charge on any atom is 0.243 e. The van der Waals surface area contributed by atoms with E-state index in [0.717, 1.165) is 27.5 Å². The minimum absolute atomic E-state index is 0.0601. The molecule has 184 valence electrons. The Morgan fingerprint density at radius 3 is 2.33 bits per heavy atom. The molecule has 0 aromatic heterocycles. The monoisotopic (exact) mass is 498 g/mol. The predicted molar refractivity (Wildman–Crippen MR) is 147 cm³/mol. The number of nitrogens with one attached hydrogen (secondary N) is 1. The van der Waals surface area contributed by atoms with Gasteiger partial charge < -0.3 is 10.2 Å². The van der Waals surface area contributed by atoms with Crippen LogP contribution in [0.15, 0.2) is 97.1 Å². The van der Waals surface area contributed by atoms with Crippen LogP contribution in [0.5, 0.6) is 0 Å². The number of hydrogen-bond acceptors (Lipinski definition) is 2. The van der Waals surface area contributed by atoms with Crippen LogP contribution in [-0.4, -0.2) is 29.3 Å². The Morgan fingerprint density at radius 2 is 1.56 bits per heavy atom. The summed E-state index contributed by atoms with van der Waals surface area (Å²) in [5.41, 5.74) is 3.02. The minimum Gasteiger partial charge on any atom is -0.355 e. The maximum absolute atomic E-state index is 13.8. The first kappa shape index (κ1) is 25.5. The standard InChI is InChI=1S/C31H31ClN2O2/c1-2-33-31(36)29(21-23-10-4-3-5-11-23)34(22-24-12-8-16-27(32)20-24)30(35)19-18-26-15-9-14-25-13-6-7-17-28(25)26/h3-17,20,29H,2,18-19,21-22H2,1H3,(H,33,36)/t29-/m1/s1. The van der Waals surface area contributed by atoms with Crippen molar-refractivity contribution < 1.29 is 9.59 Å². The molecule has 2 amide bonds. The van der Waals surface area contributed by atoms with Crippen molar-refractivity contribution in [1.82, 2.24) is 10.2 Å². The normalized spacial score (nSPS) is 11.7. The number of halogens is 1. The summed E-state index contributed by atoms with van der Waals surface area (Å²) in [5.74, 6) is -0.211. The summed E-state index contributed by atoms with van der Waals surface area (Å²) in [6.07, 6.45) is 1.34. The summed E-state index contributed by atoms with van der Waals surface area (Å²) in [6.45, 7) is 2.70. The fraction of sp³-hybridized carbons (Fsp3) is 0.226. The van der Waals surface area contributed by atoms with Gasteiger partial charge in [-0.15, -0.1) is 0 Å². The lowest BCUT2D eigenvalue weighted by molar-refractivity contribution is -0.141. The van der Waals surface area contributed by atoms with Crippen molar-refractivity contribution in [2.45, 2.75) is 38.8 Å². The molecule has 4 nitrogen and oxygen atoms in total. The van der Waals surface area contributed by atoms with Crippen LogP contribution in [0.4, 0.5) is 0 Å². The maximum atomic E-state index is 13.8. The zero-order chi connectivity index (χ0) is 25.3. The summed E-state index contributed by atoms with van der Waals surface area (Å²) in [7, 11) is 0. The van der Waals surface area contributed by atoms with Gasteiger partial charge in [-0.2, -0.15) is 0 Å². The van der Waals surface area contributed by atoms with Crippen molar-refractivity contribution >= 4 is 34.2 Å². The number of benzene rings is 4. The van der Waals surface area contributed by atoms with Crippen LogP contribution in [0.2, 0.25) is 5.02 Å². The van der Waals surface area contributed by atoms with Gasteiger partial charge in [-0.05, 0) is 52.9 Å². The van der Waals surface area contributed by atoms with Gasteiger partial charge in [0.1, 0.15) is 6.04 Å². The number of carbonyl (C=O) groups is 2. The topological polar surface area (TPSA) is 49.4 Å². The van der Waals surface area contributed by atoms with Crippen LogP contribution in [0.3, 0.4) is 0 Å². The van der Waals surface area contributed by atoms with E-state index in [0.29, 0.717) is 37.4 Å². The number of hydrogen-bond donors (Lipinski definition) is 1. The number of fused-ring (bicyclic) bond motifs is 1. The average molecular weight is 499 g/mol. The van der Waals surface area contributed by atoms with Gasteiger partial charge in [0.05, 0.1) is 0 Å². The van der Waals surface area contributed by atoms with Crippen molar-refractivity contribution in [3.8, 4) is 0 Å². The SMILES string of the molecule is CCNC(=O)[C@@H](Cc1ccccc1)N(Cc1cccc(Cl)c1)C(=O)CCc1cccc2ccccc12. The van der Waals surface area contributed by atoms with Crippen molar-refractivity contribution in [3.05, 3.63) is 119 Å². The molecule has 0 heterocycles. The first-order chi connectivity index (χ1) is 17.5. The summed E-state index contributed by atoms with van der Waals surface area (Å²) >= 11 is 6.24. The van der Waals surface area contributed by atoms with Crippen LogP contribution in [-0.2, 0) is 29.0 Å². The molecule has 1 atom stereocenters. The lowest BCUT2D eigenvalue weighted by atomic mass is 9.99. The third-order valence-corrected chi connectivity index (χ3v) is 6.59. The Labute approximate surface area is 217 Å². The van der Waals surface area contributed by atoms with Crippen LogP contribution < -0.4 is 5.32 Å². The fourth-order valence-corrected chi connectivity index (χ4v) is 4.79. The second kappa shape index (κ2) is 12.4. The molecule has 4 aromatic rings. The van der Waals surface area contributed by atoms with Crippen molar-refractivity contribution in [3.63, 3.8) is 0 Å². The Kier molecular flexibility index (Phi) is 8.75. The van der Waals surface area contributed by atoms with E-state index in [1.165, 1.54) is 0 Å². The summed E-state index contributed by atoms with van der Waals surface area (Å²) in [4.78, 5) is 28.8. The number of aryl methyl sites for hydroxylation is 1. The quantitative estimate of drug-likeness (QED) is 0.283. The molecule has 1 N–H and O–H groups in total. The first-order valence-corrected chi connectivity index (χ1v) is 12.7. The fourth-order valence-electron chi connectivity index (χ4n) is 4.57. The zero-order valence-electron chi connectivity index (χ0n) is 20.5. The highest BCUT2D eigenvalue weighted by atomic mass is 35.5. The minimum atomic E-state index is -0.633. The second-order valence-electron chi connectivity index (χ2n) is 8.89. The van der Waals surface area contributed by atoms with Gasteiger partial charge in [0.2, 0.25) is 11.8 Å². The van der Waals surface area contributed by atoms with Crippen molar-refractivity contribution in [2.75, 3.05) is 6.54 Å². The van der Waals surface area contributed by atoms with Crippen LogP contribution in [0.1, 0.15) is 30.0 Å². The first-order valence-electron chi connectivity index (χ1n) is 12.4. The Balaban J connectivity index is 1.63. The Bertz CT molecular complexity index is 1320. The van der Waals surface area contributed by atoms with Gasteiger partial charge in [-0.1, -0.05) is 96.5 Å². The number of carbonyl (C=O) groups excluding carboxylic acids is 2. The van der Waals surface area contributed by atoms with Gasteiger partial charge >= 0.3 is 0 Å². The van der Waals surface area contributed by atoms with Gasteiger partial charge in [0.25, 0.3) is 0 Å². The molecule has 36 heavy (non-hydrogen) atoms. The predicted octanol–water partition coefficient (Wildman–Crippen LogP) is 6.20. The summed E-state index contributed by atoms with van der Waals surface area (Å²) < 4.78 is 0. The smallest absolute Gasteiger partial charge is 0.243 e. The Morgan fingerprint density at radius 1 is 0.861 bits per heavy atom. The lowest BCUT2D eigenvalue weighted by Crippen LogP contribution is -2.50. The van der Waals surface area contributed by atoms with Gasteiger partial charge in [0.15, 0.2) is 0 Å². The number of nitrogens with zero attached hydrogens (tertiary/aromatic N) is 1. The average Bonchev–Trinajstić information content (AvgIpc) is 2.90. The summed E-state index contributed by atoms with van der Waals surface area (Å²) in [6, 6.07) is 31.1. The lowest BCUT2D eigenvalue weighted by Gasteiger charge is -2.31. The molecule has 4 aromatic carbocycles. The van der Waals surface area contributed by atoms with Gasteiger partial charge in [-0.3, -0.25) is 9.59 Å². The van der Waals surface area contributed by atoms with E-state index in [9.17, 15) is 9.59 Å². The molecular weight excluding hydrogens is 468 g/mol. The largest absolute Gasteiger partial charge is 0.355 e. The number of rotatable bonds is 10. The molecule has 0 radical (unpaired) electrons. The second-order valence-corrected chi connectivity index (χ2v) is 9.33. The molecule has 0 spiro atoms. The van der Waals surface area contributed by atoms with Crippen molar-refractivity contribution in [2.24, 2.45) is 0 Å². The van der Waals surface area contributed by atoms with E-state index < -0.39 is 6.04 Å². The highest BCUT2D eigenvalue weighted by molar-refractivity contribution is 6.30. The molecule has 0 unspecified atom stereocenters. The van der Waals surface area contributed by atoms with Gasteiger partial charge in [-0.25, -0.2) is 0 Å². The van der Waals surface area contributed by atoms with Crippen LogP contribution in [0.25, 0.3) is 10.8 Å². The molecule has 0 aliphatic carbocycles. The van der Waals surface area contributed by atoms with E-state index in [1.54, 1.807) is 4.90 Å². The van der Waals surface area contributed by atoms with Crippen LogP contribution in [0, 0.1) is 0 Å². The van der Waals surface area contributed by atoms with Crippen molar-refractivity contribution in [1.29, 1.82) is 0 Å². The molecule has 4 rings (SSSR count). The van der Waals surface area contributed by atoms with E-state index in [-0.39, 0.29) is 11.8 Å². The molecule has 0 aliphatic rings. The molecule has 0 fully saturated rings. The van der Waals surface area contributed by atoms with E-state index in [2.05, 4.69) is 29.6 Å². The molecule has 0 saturated carbocycles. The molecule has 5 heteroatoms. The Hall–Kier alpha value is -3.63. The number of amides is 2. The van der Waals surface area contributed by atoms with Crippen LogP contribution >= 0.6 is 11.6 Å². The third-order valence-electron chi connectivity index (χ3n) is 6.35. The van der Waals surface area contributed by atoms with E-state index in [1.807, 2.05) is 79.7 Å². The molecular formula is C31H31ClN2O2. The van der Waals surface area contributed by atoms with Gasteiger partial charge in [0, 0.05) is 31.0 Å². The number of likely N-dealkylation sites (N-methyl/N-ethyl adjacent to an activating group) is 1. The molecule has 0 bridgehead atoms. The van der Waals surface area contributed by atoms with E-state index >= 15 is 0 Å². The third kappa shape index (κ3) is 6.52. The van der Waals surface area contributed by atoms with E-state index in [4.69, 9.17) is 11.6 Å².